The van der Waals surface area contributed by atoms with Crippen LogP contribution in [0, 0.1) is 0 Å². The SMILES string of the molecule is O=C(CBr)C(=O)CCCCCl. The molecule has 0 aliphatic rings. The maximum Gasteiger partial charge on any atom is 0.208 e. The van der Waals surface area contributed by atoms with Crippen molar-refractivity contribution in [3.63, 3.8) is 0 Å². The summed E-state index contributed by atoms with van der Waals surface area (Å²) in [4.78, 5) is 21.5. The Morgan fingerprint density at radius 2 is 1.82 bits per heavy atom. The van der Waals surface area contributed by atoms with Gasteiger partial charge in [-0.05, 0) is 12.8 Å². The summed E-state index contributed by atoms with van der Waals surface area (Å²) < 4.78 is 0. The summed E-state index contributed by atoms with van der Waals surface area (Å²) in [6.45, 7) is 0. The molecule has 0 aromatic heterocycles. The summed E-state index contributed by atoms with van der Waals surface area (Å²) >= 11 is 8.32. The zero-order valence-corrected chi connectivity index (χ0v) is 8.45. The molecule has 2 nitrogen and oxygen atoms in total. The molecule has 64 valence electrons. The lowest BCUT2D eigenvalue weighted by atomic mass is 10.1. The fourth-order valence-electron chi connectivity index (χ4n) is 0.594. The number of carbonyl (C=O) groups excluding carboxylic acids is 2. The predicted molar refractivity (Wildman–Crippen MR) is 48.4 cm³/mol. The lowest BCUT2D eigenvalue weighted by Gasteiger charge is -1.94. The van der Waals surface area contributed by atoms with Gasteiger partial charge in [0.25, 0.3) is 0 Å². The van der Waals surface area contributed by atoms with Gasteiger partial charge in [0.2, 0.25) is 5.78 Å². The van der Waals surface area contributed by atoms with Crippen molar-refractivity contribution >= 4 is 39.1 Å². The molecular formula is C7H10BrClO2. The van der Waals surface area contributed by atoms with Crippen LogP contribution in [0.4, 0.5) is 0 Å². The highest BCUT2D eigenvalue weighted by Crippen LogP contribution is 1.99. The molecule has 0 aliphatic carbocycles. The third kappa shape index (κ3) is 5.39. The summed E-state index contributed by atoms with van der Waals surface area (Å²) in [5.41, 5.74) is 0. The Morgan fingerprint density at radius 1 is 1.18 bits per heavy atom. The molecule has 0 bridgehead atoms. The van der Waals surface area contributed by atoms with Gasteiger partial charge in [0.1, 0.15) is 0 Å². The molecule has 0 N–H and O–H groups in total. The van der Waals surface area contributed by atoms with E-state index in [2.05, 4.69) is 15.9 Å². The minimum absolute atomic E-state index is 0.132. The first-order valence-electron chi connectivity index (χ1n) is 3.40. The van der Waals surface area contributed by atoms with E-state index >= 15 is 0 Å². The molecule has 0 rings (SSSR count). The first-order chi connectivity index (χ1) is 5.22. The monoisotopic (exact) mass is 240 g/mol. The lowest BCUT2D eigenvalue weighted by molar-refractivity contribution is -0.135. The third-order valence-corrected chi connectivity index (χ3v) is 2.00. The average Bonchev–Trinajstić information content (AvgIpc) is 2.03. The molecule has 0 aliphatic heterocycles. The zero-order valence-electron chi connectivity index (χ0n) is 6.11. The van der Waals surface area contributed by atoms with E-state index in [0.717, 1.165) is 6.42 Å². The molecule has 0 saturated carbocycles. The molecule has 4 heteroatoms. The van der Waals surface area contributed by atoms with Crippen LogP contribution in [-0.4, -0.2) is 22.8 Å². The number of hydrogen-bond acceptors (Lipinski definition) is 2. The molecule has 0 unspecified atom stereocenters. The topological polar surface area (TPSA) is 34.1 Å². The Labute approximate surface area is 79.4 Å². The van der Waals surface area contributed by atoms with E-state index in [-0.39, 0.29) is 16.9 Å². The molecule has 0 aromatic rings. The first kappa shape index (κ1) is 11.1. The van der Waals surface area contributed by atoms with Gasteiger partial charge in [0, 0.05) is 12.3 Å². The molecule has 0 aromatic carbocycles. The van der Waals surface area contributed by atoms with Crippen LogP contribution in [0.3, 0.4) is 0 Å². The summed E-state index contributed by atoms with van der Waals surface area (Å²) in [6.07, 6.45) is 1.83. The summed E-state index contributed by atoms with van der Waals surface area (Å²) in [5.74, 6) is -0.0953. The van der Waals surface area contributed by atoms with Gasteiger partial charge in [-0.3, -0.25) is 9.59 Å². The molecule has 0 amide bonds. The van der Waals surface area contributed by atoms with Crippen LogP contribution >= 0.6 is 27.5 Å². The van der Waals surface area contributed by atoms with Gasteiger partial charge in [-0.1, -0.05) is 15.9 Å². The Balaban J connectivity index is 3.44. The highest BCUT2D eigenvalue weighted by atomic mass is 79.9. The fraction of sp³-hybridized carbons (Fsp3) is 0.714. The molecule has 0 radical (unpaired) electrons. The van der Waals surface area contributed by atoms with Crippen LogP contribution in [0.5, 0.6) is 0 Å². The molecule has 0 fully saturated rings. The van der Waals surface area contributed by atoms with Gasteiger partial charge in [-0.15, -0.1) is 11.6 Å². The largest absolute Gasteiger partial charge is 0.291 e. The van der Waals surface area contributed by atoms with E-state index in [1.807, 2.05) is 0 Å². The minimum Gasteiger partial charge on any atom is -0.291 e. The number of hydrogen-bond donors (Lipinski definition) is 0. The van der Waals surface area contributed by atoms with Gasteiger partial charge in [-0.2, -0.15) is 0 Å². The van der Waals surface area contributed by atoms with E-state index in [4.69, 9.17) is 11.6 Å². The van der Waals surface area contributed by atoms with Crippen molar-refractivity contribution in [2.24, 2.45) is 0 Å². The van der Waals surface area contributed by atoms with E-state index < -0.39 is 0 Å². The number of Topliss-reactive ketones (excluding diaryl/α,β-unsaturated/α-hetero) is 2. The van der Waals surface area contributed by atoms with Gasteiger partial charge in [0.15, 0.2) is 5.78 Å². The summed E-state index contributed by atoms with van der Waals surface area (Å²) in [6, 6.07) is 0. The maximum absolute atomic E-state index is 10.8. The Morgan fingerprint density at radius 3 is 2.27 bits per heavy atom. The quantitative estimate of drug-likeness (QED) is 0.404. The van der Waals surface area contributed by atoms with Crippen LogP contribution in [0.15, 0.2) is 0 Å². The smallest absolute Gasteiger partial charge is 0.208 e. The second kappa shape index (κ2) is 6.80. The van der Waals surface area contributed by atoms with Crippen molar-refractivity contribution in [3.8, 4) is 0 Å². The van der Waals surface area contributed by atoms with E-state index in [1.54, 1.807) is 0 Å². The van der Waals surface area contributed by atoms with Crippen molar-refractivity contribution in [2.75, 3.05) is 11.2 Å². The van der Waals surface area contributed by atoms with Gasteiger partial charge < -0.3 is 0 Å². The number of ketones is 2. The second-order valence-corrected chi connectivity index (χ2v) is 3.06. The van der Waals surface area contributed by atoms with Crippen LogP contribution in [0.1, 0.15) is 19.3 Å². The molecular weight excluding hydrogens is 231 g/mol. The highest BCUT2D eigenvalue weighted by Gasteiger charge is 2.10. The Bertz CT molecular complexity index is 147. The number of halogens is 2. The molecule has 0 atom stereocenters. The number of unbranched alkanes of at least 4 members (excludes halogenated alkanes) is 1. The van der Waals surface area contributed by atoms with E-state index in [0.29, 0.717) is 18.7 Å². The van der Waals surface area contributed by atoms with Crippen molar-refractivity contribution < 1.29 is 9.59 Å². The molecule has 0 heterocycles. The molecule has 0 spiro atoms. The van der Waals surface area contributed by atoms with Crippen molar-refractivity contribution in [1.29, 1.82) is 0 Å². The molecule has 0 saturated heterocycles. The summed E-state index contributed by atoms with van der Waals surface area (Å²) in [7, 11) is 0. The Hall–Kier alpha value is 0.110. The average molecular weight is 242 g/mol. The van der Waals surface area contributed by atoms with Gasteiger partial charge in [-0.25, -0.2) is 0 Å². The van der Waals surface area contributed by atoms with E-state index in [9.17, 15) is 9.59 Å². The normalized spacial score (nSPS) is 9.64. The van der Waals surface area contributed by atoms with Crippen LogP contribution in [-0.2, 0) is 9.59 Å². The van der Waals surface area contributed by atoms with Crippen LogP contribution < -0.4 is 0 Å². The number of carbonyl (C=O) groups is 2. The number of alkyl halides is 2. The van der Waals surface area contributed by atoms with Crippen LogP contribution in [0.25, 0.3) is 0 Å². The maximum atomic E-state index is 10.8. The zero-order chi connectivity index (χ0) is 8.69. The fourth-order valence-corrected chi connectivity index (χ4v) is 1.10. The van der Waals surface area contributed by atoms with Gasteiger partial charge >= 0.3 is 0 Å². The van der Waals surface area contributed by atoms with Crippen molar-refractivity contribution in [1.82, 2.24) is 0 Å². The standard InChI is InChI=1S/C7H10BrClO2/c8-5-7(11)6(10)3-1-2-4-9/h1-5H2. The first-order valence-corrected chi connectivity index (χ1v) is 5.06. The Kier molecular flexibility index (Phi) is 6.87. The van der Waals surface area contributed by atoms with Crippen molar-refractivity contribution in [2.45, 2.75) is 19.3 Å². The van der Waals surface area contributed by atoms with Gasteiger partial charge in [0.05, 0.1) is 5.33 Å². The second-order valence-electron chi connectivity index (χ2n) is 2.13. The molecule has 11 heavy (non-hydrogen) atoms. The highest BCUT2D eigenvalue weighted by molar-refractivity contribution is 9.09. The van der Waals surface area contributed by atoms with Crippen molar-refractivity contribution in [3.05, 3.63) is 0 Å². The minimum atomic E-state index is -0.348. The third-order valence-electron chi connectivity index (χ3n) is 1.22. The predicted octanol–water partition coefficient (Wildman–Crippen LogP) is 1.93. The lowest BCUT2D eigenvalue weighted by Crippen LogP contribution is -2.14. The summed E-state index contributed by atoms with van der Waals surface area (Å²) in [5, 5.41) is 0.132. The number of rotatable bonds is 6. The van der Waals surface area contributed by atoms with Crippen LogP contribution in [0.2, 0.25) is 0 Å². The van der Waals surface area contributed by atoms with E-state index in [1.165, 1.54) is 0 Å².